The highest BCUT2D eigenvalue weighted by atomic mass is 16.5. The second-order valence-electron chi connectivity index (χ2n) is 5.95. The molecule has 1 saturated carbocycles. The van der Waals surface area contributed by atoms with E-state index in [0.717, 1.165) is 56.1 Å². The van der Waals surface area contributed by atoms with Crippen molar-refractivity contribution in [3.05, 3.63) is 22.9 Å². The second kappa shape index (κ2) is 6.43. The lowest BCUT2D eigenvalue weighted by atomic mass is 10.1. The fourth-order valence-electron chi connectivity index (χ4n) is 2.69. The van der Waals surface area contributed by atoms with Crippen molar-refractivity contribution >= 4 is 11.8 Å². The molecule has 1 aromatic rings. The highest BCUT2D eigenvalue weighted by Gasteiger charge is 2.21. The van der Waals surface area contributed by atoms with E-state index in [2.05, 4.69) is 10.3 Å². The van der Waals surface area contributed by atoms with Crippen LogP contribution in [0.4, 0.5) is 5.82 Å². The summed E-state index contributed by atoms with van der Waals surface area (Å²) in [5.74, 6) is 0.380. The van der Waals surface area contributed by atoms with Crippen LogP contribution in [0.25, 0.3) is 0 Å². The van der Waals surface area contributed by atoms with E-state index in [-0.39, 0.29) is 5.56 Å². The minimum Gasteiger partial charge on any atom is -0.478 e. The van der Waals surface area contributed by atoms with Gasteiger partial charge in [-0.1, -0.05) is 0 Å². The molecule has 2 aliphatic rings. The lowest BCUT2D eigenvalue weighted by Crippen LogP contribution is -2.13. The van der Waals surface area contributed by atoms with Crippen LogP contribution in [-0.4, -0.2) is 35.8 Å². The summed E-state index contributed by atoms with van der Waals surface area (Å²) in [6.45, 7) is 2.28. The van der Waals surface area contributed by atoms with Crippen LogP contribution in [0.1, 0.15) is 47.3 Å². The maximum absolute atomic E-state index is 11.3. The first-order valence-electron chi connectivity index (χ1n) is 7.82. The number of carboxylic acids is 1. The predicted molar refractivity (Wildman–Crippen MR) is 79.9 cm³/mol. The van der Waals surface area contributed by atoms with Crippen LogP contribution in [0.3, 0.4) is 0 Å². The van der Waals surface area contributed by atoms with Gasteiger partial charge in [0.25, 0.3) is 0 Å². The zero-order valence-electron chi connectivity index (χ0n) is 12.2. The van der Waals surface area contributed by atoms with Crippen molar-refractivity contribution in [2.75, 3.05) is 25.1 Å². The highest BCUT2D eigenvalue weighted by molar-refractivity contribution is 5.93. The first kappa shape index (κ1) is 14.3. The van der Waals surface area contributed by atoms with Crippen LogP contribution in [-0.2, 0) is 17.6 Å². The number of aromatic nitrogens is 1. The number of hydrogen-bond donors (Lipinski definition) is 2. The summed E-state index contributed by atoms with van der Waals surface area (Å²) in [6.07, 6.45) is 6.44. The molecule has 1 aromatic heterocycles. The summed E-state index contributed by atoms with van der Waals surface area (Å²) < 4.78 is 5.57. The van der Waals surface area contributed by atoms with Gasteiger partial charge in [-0.3, -0.25) is 0 Å². The van der Waals surface area contributed by atoms with Crippen molar-refractivity contribution in [2.24, 2.45) is 5.92 Å². The molecule has 21 heavy (non-hydrogen) atoms. The molecule has 0 amide bonds. The number of nitrogens with zero attached hydrogens (tertiary/aromatic N) is 1. The van der Waals surface area contributed by atoms with E-state index < -0.39 is 5.97 Å². The number of hydrogen-bond acceptors (Lipinski definition) is 4. The zero-order chi connectivity index (χ0) is 14.7. The van der Waals surface area contributed by atoms with Gasteiger partial charge in [0.1, 0.15) is 11.4 Å². The Labute approximate surface area is 124 Å². The Hall–Kier alpha value is -1.62. The van der Waals surface area contributed by atoms with Gasteiger partial charge < -0.3 is 15.2 Å². The van der Waals surface area contributed by atoms with Crippen LogP contribution in [0.2, 0.25) is 0 Å². The van der Waals surface area contributed by atoms with Gasteiger partial charge in [0, 0.05) is 25.5 Å². The fraction of sp³-hybridized carbons (Fsp3) is 0.625. The number of anilines is 1. The molecule has 0 atom stereocenters. The van der Waals surface area contributed by atoms with Crippen LogP contribution < -0.4 is 5.32 Å². The average molecular weight is 290 g/mol. The number of pyridine rings is 1. The normalized spacial score (nSPS) is 16.8. The number of aryl methyl sites for hydroxylation is 2. The molecule has 5 nitrogen and oxygen atoms in total. The minimum absolute atomic E-state index is 0.287. The second-order valence-corrected chi connectivity index (χ2v) is 5.95. The Morgan fingerprint density at radius 2 is 2.29 bits per heavy atom. The fourth-order valence-corrected chi connectivity index (χ4v) is 2.69. The van der Waals surface area contributed by atoms with Gasteiger partial charge in [-0.25, -0.2) is 9.78 Å². The number of rotatable bonds is 8. The minimum atomic E-state index is -0.912. The third-order valence-electron chi connectivity index (χ3n) is 4.09. The van der Waals surface area contributed by atoms with Gasteiger partial charge in [-0.05, 0) is 56.1 Å². The monoisotopic (exact) mass is 290 g/mol. The molecule has 1 fully saturated rings. The molecule has 0 saturated heterocycles. The van der Waals surface area contributed by atoms with Gasteiger partial charge in [-0.2, -0.15) is 0 Å². The van der Waals surface area contributed by atoms with E-state index >= 15 is 0 Å². The largest absolute Gasteiger partial charge is 0.478 e. The third-order valence-corrected chi connectivity index (χ3v) is 4.09. The Morgan fingerprint density at radius 1 is 1.43 bits per heavy atom. The Bertz CT molecular complexity index is 526. The van der Waals surface area contributed by atoms with Gasteiger partial charge in [0.2, 0.25) is 0 Å². The molecular formula is C16H22N2O3. The van der Waals surface area contributed by atoms with Crippen molar-refractivity contribution in [3.63, 3.8) is 0 Å². The van der Waals surface area contributed by atoms with Crippen molar-refractivity contribution in [1.29, 1.82) is 0 Å². The lowest BCUT2D eigenvalue weighted by molar-refractivity contribution is 0.0697. The standard InChI is InChI=1S/C16H22N2O3/c19-16(20)13-9-12-3-1-4-14(12)18-15(13)17-7-2-8-21-10-11-5-6-11/h9,11H,1-8,10H2,(H,17,18)(H,19,20). The lowest BCUT2D eigenvalue weighted by Gasteiger charge is -2.11. The molecule has 0 spiro atoms. The SMILES string of the molecule is O=C(O)c1cc2c(nc1NCCCOCC1CC1)CCC2. The number of nitrogens with one attached hydrogen (secondary N) is 1. The van der Waals surface area contributed by atoms with E-state index in [1.807, 2.05) is 0 Å². The Balaban J connectivity index is 1.52. The number of ether oxygens (including phenoxy) is 1. The molecule has 0 aliphatic heterocycles. The molecule has 3 rings (SSSR count). The van der Waals surface area contributed by atoms with Crippen molar-refractivity contribution < 1.29 is 14.6 Å². The van der Waals surface area contributed by atoms with Gasteiger partial charge in [0.05, 0.1) is 0 Å². The molecule has 2 aliphatic carbocycles. The van der Waals surface area contributed by atoms with Crippen LogP contribution in [0.15, 0.2) is 6.07 Å². The summed E-state index contributed by atoms with van der Waals surface area (Å²) >= 11 is 0. The first-order chi connectivity index (χ1) is 10.2. The average Bonchev–Trinajstić information content (AvgIpc) is 3.17. The topological polar surface area (TPSA) is 71.5 Å². The number of aromatic carboxylic acids is 1. The van der Waals surface area contributed by atoms with Crippen molar-refractivity contribution in [1.82, 2.24) is 4.98 Å². The van der Waals surface area contributed by atoms with E-state index in [4.69, 9.17) is 4.74 Å². The molecule has 0 unspecified atom stereocenters. The van der Waals surface area contributed by atoms with Crippen molar-refractivity contribution in [3.8, 4) is 0 Å². The molecule has 0 bridgehead atoms. The maximum atomic E-state index is 11.3. The predicted octanol–water partition coefficient (Wildman–Crippen LogP) is 2.50. The zero-order valence-corrected chi connectivity index (χ0v) is 12.2. The molecule has 114 valence electrons. The van der Waals surface area contributed by atoms with E-state index in [1.165, 1.54) is 12.8 Å². The number of carbonyl (C=O) groups is 1. The number of fused-ring (bicyclic) bond motifs is 1. The molecule has 2 N–H and O–H groups in total. The Morgan fingerprint density at radius 3 is 3.05 bits per heavy atom. The van der Waals surface area contributed by atoms with Crippen LogP contribution in [0, 0.1) is 5.92 Å². The molecule has 1 heterocycles. The molecule has 0 radical (unpaired) electrons. The summed E-state index contributed by atoms with van der Waals surface area (Å²) in [7, 11) is 0. The van der Waals surface area contributed by atoms with E-state index in [1.54, 1.807) is 6.07 Å². The summed E-state index contributed by atoms with van der Waals surface area (Å²) in [5.41, 5.74) is 2.42. The van der Waals surface area contributed by atoms with E-state index in [0.29, 0.717) is 12.4 Å². The molecular weight excluding hydrogens is 268 g/mol. The third kappa shape index (κ3) is 3.73. The van der Waals surface area contributed by atoms with Crippen LogP contribution >= 0.6 is 0 Å². The molecule has 5 heteroatoms. The summed E-state index contributed by atoms with van der Waals surface area (Å²) in [5, 5.41) is 12.5. The van der Waals surface area contributed by atoms with Gasteiger partial charge >= 0.3 is 5.97 Å². The smallest absolute Gasteiger partial charge is 0.339 e. The Kier molecular flexibility index (Phi) is 4.39. The molecule has 0 aromatic carbocycles. The van der Waals surface area contributed by atoms with Crippen molar-refractivity contribution in [2.45, 2.75) is 38.5 Å². The van der Waals surface area contributed by atoms with E-state index in [9.17, 15) is 9.90 Å². The van der Waals surface area contributed by atoms with Crippen LogP contribution in [0.5, 0.6) is 0 Å². The van der Waals surface area contributed by atoms with Gasteiger partial charge in [0.15, 0.2) is 0 Å². The quantitative estimate of drug-likeness (QED) is 0.720. The summed E-state index contributed by atoms with van der Waals surface area (Å²) in [4.78, 5) is 15.8. The summed E-state index contributed by atoms with van der Waals surface area (Å²) in [6, 6.07) is 1.78. The first-order valence-corrected chi connectivity index (χ1v) is 7.82. The van der Waals surface area contributed by atoms with Gasteiger partial charge in [-0.15, -0.1) is 0 Å². The highest BCUT2D eigenvalue weighted by Crippen LogP contribution is 2.28. The maximum Gasteiger partial charge on any atom is 0.339 e. The number of carboxylic acid groups (broad SMARTS) is 1.